The molecule has 2 amide bonds. The third-order valence-electron chi connectivity index (χ3n) is 2.40. The van der Waals surface area contributed by atoms with Gasteiger partial charge in [0.25, 0.3) is 0 Å². The standard InChI is InChI=1S/C10H14N4O3S2/c1-6(2)8-13-14-10(18-8)12-9(15)11-7-3-4-19(16,17)5-7/h3-4,6-7H,5H2,1-2H3,(H2,11,12,14,15)/t7-/m0/s1. The van der Waals surface area contributed by atoms with Crippen LogP contribution in [-0.4, -0.2) is 36.4 Å². The minimum atomic E-state index is -3.17. The molecule has 1 aromatic heterocycles. The average molecular weight is 302 g/mol. The first-order valence-electron chi connectivity index (χ1n) is 5.67. The summed E-state index contributed by atoms with van der Waals surface area (Å²) in [7, 11) is -3.17. The molecule has 0 saturated carbocycles. The first-order chi connectivity index (χ1) is 8.85. The molecule has 7 nitrogen and oxygen atoms in total. The highest BCUT2D eigenvalue weighted by molar-refractivity contribution is 7.94. The van der Waals surface area contributed by atoms with E-state index in [4.69, 9.17) is 0 Å². The largest absolute Gasteiger partial charge is 0.331 e. The molecule has 0 bridgehead atoms. The zero-order valence-corrected chi connectivity index (χ0v) is 12.1. The van der Waals surface area contributed by atoms with Gasteiger partial charge in [0.2, 0.25) is 5.13 Å². The van der Waals surface area contributed by atoms with E-state index < -0.39 is 21.9 Å². The van der Waals surface area contributed by atoms with Gasteiger partial charge in [-0.15, -0.1) is 10.2 Å². The fraction of sp³-hybridized carbons (Fsp3) is 0.500. The number of amides is 2. The van der Waals surface area contributed by atoms with Gasteiger partial charge in [0.1, 0.15) is 5.01 Å². The lowest BCUT2D eigenvalue weighted by molar-refractivity contribution is 0.251. The lowest BCUT2D eigenvalue weighted by Crippen LogP contribution is -2.38. The highest BCUT2D eigenvalue weighted by atomic mass is 32.2. The topological polar surface area (TPSA) is 101 Å². The molecule has 2 N–H and O–H groups in total. The molecule has 0 spiro atoms. The van der Waals surface area contributed by atoms with E-state index in [2.05, 4.69) is 20.8 Å². The Balaban J connectivity index is 1.89. The van der Waals surface area contributed by atoms with Crippen molar-refractivity contribution >= 4 is 32.3 Å². The summed E-state index contributed by atoms with van der Waals surface area (Å²) in [5.74, 6) is 0.146. The molecule has 0 aliphatic carbocycles. The lowest BCUT2D eigenvalue weighted by atomic mass is 10.2. The minimum absolute atomic E-state index is 0.103. The summed E-state index contributed by atoms with van der Waals surface area (Å²) in [4.78, 5) is 11.6. The third kappa shape index (κ3) is 3.74. The quantitative estimate of drug-likeness (QED) is 0.870. The summed E-state index contributed by atoms with van der Waals surface area (Å²) in [6.07, 6.45) is 1.45. The number of rotatable bonds is 3. The van der Waals surface area contributed by atoms with Gasteiger partial charge < -0.3 is 5.32 Å². The molecule has 0 aromatic carbocycles. The number of nitrogens with zero attached hydrogens (tertiary/aromatic N) is 2. The van der Waals surface area contributed by atoms with Crippen LogP contribution in [0.4, 0.5) is 9.93 Å². The van der Waals surface area contributed by atoms with Gasteiger partial charge in [-0.2, -0.15) is 0 Å². The highest BCUT2D eigenvalue weighted by Crippen LogP contribution is 2.22. The Morgan fingerprint density at radius 2 is 2.21 bits per heavy atom. The monoisotopic (exact) mass is 302 g/mol. The van der Waals surface area contributed by atoms with Crippen molar-refractivity contribution in [2.45, 2.75) is 25.8 Å². The van der Waals surface area contributed by atoms with Gasteiger partial charge in [-0.05, 0) is 6.08 Å². The van der Waals surface area contributed by atoms with Crippen LogP contribution in [0.15, 0.2) is 11.5 Å². The molecule has 1 aromatic rings. The molecule has 19 heavy (non-hydrogen) atoms. The van der Waals surface area contributed by atoms with E-state index in [1.54, 1.807) is 0 Å². The van der Waals surface area contributed by atoms with Crippen LogP contribution < -0.4 is 10.6 Å². The van der Waals surface area contributed by atoms with E-state index in [0.29, 0.717) is 5.13 Å². The average Bonchev–Trinajstić information content (AvgIpc) is 2.85. The first-order valence-corrected chi connectivity index (χ1v) is 8.21. The Hall–Kier alpha value is -1.48. The normalized spacial score (nSPS) is 20.7. The maximum Gasteiger partial charge on any atom is 0.321 e. The van der Waals surface area contributed by atoms with Gasteiger partial charge >= 0.3 is 6.03 Å². The van der Waals surface area contributed by atoms with E-state index in [1.807, 2.05) is 13.8 Å². The Bertz CT molecular complexity index is 606. The highest BCUT2D eigenvalue weighted by Gasteiger charge is 2.23. The second-order valence-corrected chi connectivity index (χ2v) is 7.40. The van der Waals surface area contributed by atoms with Gasteiger partial charge in [-0.25, -0.2) is 13.2 Å². The van der Waals surface area contributed by atoms with Gasteiger partial charge in [0.15, 0.2) is 9.84 Å². The van der Waals surface area contributed by atoms with Crippen molar-refractivity contribution in [1.82, 2.24) is 15.5 Å². The summed E-state index contributed by atoms with van der Waals surface area (Å²) in [5, 5.41) is 15.2. The number of hydrogen-bond donors (Lipinski definition) is 2. The summed E-state index contributed by atoms with van der Waals surface area (Å²) < 4.78 is 22.4. The number of aromatic nitrogens is 2. The number of urea groups is 1. The third-order valence-corrected chi connectivity index (χ3v) is 4.94. The number of sulfone groups is 1. The van der Waals surface area contributed by atoms with Crippen molar-refractivity contribution in [3.8, 4) is 0 Å². The first kappa shape index (κ1) is 13.9. The molecule has 9 heteroatoms. The van der Waals surface area contributed by atoms with E-state index in [1.165, 1.54) is 17.4 Å². The Morgan fingerprint density at radius 1 is 1.47 bits per heavy atom. The number of carbonyl (C=O) groups is 1. The van der Waals surface area contributed by atoms with Crippen molar-refractivity contribution in [1.29, 1.82) is 0 Å². The molecule has 0 saturated heterocycles. The second kappa shape index (κ2) is 5.25. The van der Waals surface area contributed by atoms with Crippen LogP contribution in [0.5, 0.6) is 0 Å². The van der Waals surface area contributed by atoms with Gasteiger partial charge in [-0.1, -0.05) is 25.2 Å². The fourth-order valence-corrected chi connectivity index (χ4v) is 3.46. The summed E-state index contributed by atoms with van der Waals surface area (Å²) in [6, 6.07) is -0.985. The second-order valence-electron chi connectivity index (χ2n) is 4.46. The van der Waals surface area contributed by atoms with Crippen LogP contribution in [0.1, 0.15) is 24.8 Å². The van der Waals surface area contributed by atoms with E-state index in [-0.39, 0.29) is 11.7 Å². The van der Waals surface area contributed by atoms with Crippen LogP contribution in [0.2, 0.25) is 0 Å². The van der Waals surface area contributed by atoms with E-state index in [0.717, 1.165) is 10.4 Å². The molecular weight excluding hydrogens is 288 g/mol. The predicted octanol–water partition coefficient (Wildman–Crippen LogP) is 1.09. The Kier molecular flexibility index (Phi) is 3.85. The fourth-order valence-electron chi connectivity index (χ4n) is 1.49. The molecule has 0 radical (unpaired) electrons. The molecule has 2 rings (SSSR count). The molecule has 1 aliphatic rings. The molecular formula is C10H14N4O3S2. The Morgan fingerprint density at radius 3 is 2.74 bits per heavy atom. The molecule has 2 heterocycles. The van der Waals surface area contributed by atoms with E-state index in [9.17, 15) is 13.2 Å². The Labute approximate surface area is 115 Å². The summed E-state index contributed by atoms with van der Waals surface area (Å²) in [6.45, 7) is 3.97. The molecule has 1 atom stereocenters. The van der Waals surface area contributed by atoms with E-state index >= 15 is 0 Å². The zero-order chi connectivity index (χ0) is 14.0. The van der Waals surface area contributed by atoms with Gasteiger partial charge in [-0.3, -0.25) is 5.32 Å². The number of anilines is 1. The van der Waals surface area contributed by atoms with Gasteiger partial charge in [0, 0.05) is 11.3 Å². The minimum Gasteiger partial charge on any atom is -0.331 e. The molecule has 0 fully saturated rings. The molecule has 1 aliphatic heterocycles. The van der Waals surface area contributed by atoms with Crippen LogP contribution >= 0.6 is 11.3 Å². The van der Waals surface area contributed by atoms with Crippen LogP contribution in [0.25, 0.3) is 0 Å². The zero-order valence-electron chi connectivity index (χ0n) is 10.5. The number of carbonyl (C=O) groups excluding carboxylic acids is 1. The van der Waals surface area contributed by atoms with Crippen molar-refractivity contribution in [2.75, 3.05) is 11.1 Å². The van der Waals surface area contributed by atoms with Crippen molar-refractivity contribution < 1.29 is 13.2 Å². The maximum absolute atomic E-state index is 11.6. The summed E-state index contributed by atoms with van der Waals surface area (Å²) in [5.41, 5.74) is 0. The van der Waals surface area contributed by atoms with Crippen LogP contribution in [-0.2, 0) is 9.84 Å². The molecule has 104 valence electrons. The van der Waals surface area contributed by atoms with Crippen molar-refractivity contribution in [3.05, 3.63) is 16.5 Å². The van der Waals surface area contributed by atoms with Crippen LogP contribution in [0.3, 0.4) is 0 Å². The lowest BCUT2D eigenvalue weighted by Gasteiger charge is -2.09. The predicted molar refractivity (Wildman–Crippen MR) is 72.9 cm³/mol. The molecule has 0 unspecified atom stereocenters. The summed E-state index contributed by atoms with van der Waals surface area (Å²) >= 11 is 1.30. The number of nitrogens with one attached hydrogen (secondary N) is 2. The van der Waals surface area contributed by atoms with Crippen molar-refractivity contribution in [2.24, 2.45) is 0 Å². The van der Waals surface area contributed by atoms with Crippen LogP contribution in [0, 0.1) is 0 Å². The van der Waals surface area contributed by atoms with Gasteiger partial charge in [0.05, 0.1) is 11.8 Å². The smallest absolute Gasteiger partial charge is 0.321 e. The SMILES string of the molecule is CC(C)c1nnc(NC(=O)N[C@H]2C=CS(=O)(=O)C2)s1. The number of hydrogen-bond acceptors (Lipinski definition) is 6. The van der Waals surface area contributed by atoms with Crippen molar-refractivity contribution in [3.63, 3.8) is 0 Å². The maximum atomic E-state index is 11.6.